The molecule has 4 amide bonds. The number of nitrogens with zero attached hydrogens (tertiary/aromatic N) is 2. The molecule has 0 aliphatic carbocycles. The lowest BCUT2D eigenvalue weighted by atomic mass is 10.0. The van der Waals surface area contributed by atoms with Crippen molar-refractivity contribution in [2.75, 3.05) is 9.80 Å². The minimum Gasteiger partial charge on any atom is -0.268 e. The summed E-state index contributed by atoms with van der Waals surface area (Å²) in [5.74, 6) is -1.40. The first-order valence-corrected chi connectivity index (χ1v) is 11.1. The molecule has 0 atom stereocenters. The molecule has 1 heterocycles. The molecule has 0 N–H and O–H groups in total. The number of carbonyl (C=O) groups is 3. The van der Waals surface area contributed by atoms with E-state index in [-0.39, 0.29) is 5.57 Å². The lowest BCUT2D eigenvalue weighted by Gasteiger charge is -2.33. The average Bonchev–Trinajstić information content (AvgIpc) is 2.90. The molecule has 5 rings (SSSR count). The minimum absolute atomic E-state index is 0.243. The molecule has 0 radical (unpaired) electrons. The molecule has 1 saturated heterocycles. The van der Waals surface area contributed by atoms with E-state index in [1.165, 1.54) is 16.7 Å². The van der Waals surface area contributed by atoms with E-state index < -0.39 is 17.8 Å². The number of para-hydroxylation sites is 2. The van der Waals surface area contributed by atoms with Crippen LogP contribution in [0.25, 0.3) is 11.1 Å². The van der Waals surface area contributed by atoms with E-state index in [1.54, 1.807) is 60.7 Å². The molecule has 4 aromatic carbocycles. The monoisotopic (exact) mass is 460 g/mol. The molecule has 1 fully saturated rings. The van der Waals surface area contributed by atoms with E-state index in [9.17, 15) is 14.4 Å². The van der Waals surface area contributed by atoms with Crippen molar-refractivity contribution in [3.63, 3.8) is 0 Å². The minimum atomic E-state index is -0.709. The van der Waals surface area contributed by atoms with Crippen molar-refractivity contribution < 1.29 is 14.4 Å². The fraction of sp³-hybridized carbons (Fsp3) is 0.0333. The van der Waals surface area contributed by atoms with Gasteiger partial charge in [-0.1, -0.05) is 103 Å². The zero-order valence-corrected chi connectivity index (χ0v) is 19.3. The number of urea groups is 1. The molecule has 5 heteroatoms. The van der Waals surface area contributed by atoms with Crippen LogP contribution in [0.2, 0.25) is 0 Å². The van der Waals surface area contributed by atoms with Gasteiger partial charge in [0.2, 0.25) is 0 Å². The number of carbonyl (C=O) groups excluding carboxylic acids is 3. The fourth-order valence-corrected chi connectivity index (χ4v) is 3.62. The van der Waals surface area contributed by atoms with Gasteiger partial charge in [-0.2, -0.15) is 0 Å². The lowest BCUT2D eigenvalue weighted by molar-refractivity contribution is -0.121. The Balaban J connectivity index is 0.000000189. The number of imide groups is 2. The molecule has 1 aliphatic heterocycles. The number of amides is 4. The van der Waals surface area contributed by atoms with Crippen molar-refractivity contribution >= 4 is 29.2 Å². The Kier molecular flexibility index (Phi) is 6.98. The van der Waals surface area contributed by atoms with Crippen molar-refractivity contribution in [1.82, 2.24) is 0 Å². The zero-order chi connectivity index (χ0) is 24.8. The smallest absolute Gasteiger partial charge is 0.268 e. The first-order valence-electron chi connectivity index (χ1n) is 11.1. The van der Waals surface area contributed by atoms with E-state index in [1.807, 2.05) is 6.07 Å². The average molecular weight is 461 g/mol. The molecule has 172 valence electrons. The first-order chi connectivity index (χ1) is 17.0. The third-order valence-corrected chi connectivity index (χ3v) is 5.49. The van der Waals surface area contributed by atoms with Crippen LogP contribution < -0.4 is 9.80 Å². The predicted molar refractivity (Wildman–Crippen MR) is 139 cm³/mol. The third-order valence-electron chi connectivity index (χ3n) is 5.49. The van der Waals surface area contributed by atoms with E-state index in [0.717, 1.165) is 9.80 Å². The van der Waals surface area contributed by atoms with Crippen LogP contribution in [-0.4, -0.2) is 17.8 Å². The van der Waals surface area contributed by atoms with Crippen LogP contribution in [0.4, 0.5) is 16.2 Å². The van der Waals surface area contributed by atoms with Crippen molar-refractivity contribution in [2.45, 2.75) is 6.92 Å². The van der Waals surface area contributed by atoms with Gasteiger partial charge in [0.05, 0.1) is 16.9 Å². The molecule has 35 heavy (non-hydrogen) atoms. The quantitative estimate of drug-likeness (QED) is 0.262. The number of anilines is 2. The molecule has 0 spiro atoms. The van der Waals surface area contributed by atoms with Crippen molar-refractivity contribution in [3.05, 3.63) is 133 Å². The Bertz CT molecular complexity index is 1290. The first kappa shape index (κ1) is 23.4. The number of hydrogen-bond acceptors (Lipinski definition) is 3. The Labute approximate surface area is 204 Å². The van der Waals surface area contributed by atoms with Crippen LogP contribution in [0.3, 0.4) is 0 Å². The van der Waals surface area contributed by atoms with E-state index in [0.29, 0.717) is 11.4 Å². The van der Waals surface area contributed by atoms with Gasteiger partial charge in [-0.25, -0.2) is 14.6 Å². The van der Waals surface area contributed by atoms with Gasteiger partial charge in [-0.05, 0) is 42.3 Å². The molecule has 1 aliphatic rings. The maximum atomic E-state index is 12.7. The summed E-state index contributed by atoms with van der Waals surface area (Å²) in [4.78, 5) is 39.1. The van der Waals surface area contributed by atoms with Gasteiger partial charge in [0.25, 0.3) is 11.8 Å². The van der Waals surface area contributed by atoms with Crippen LogP contribution in [0.15, 0.2) is 127 Å². The Morgan fingerprint density at radius 1 is 0.514 bits per heavy atom. The summed E-state index contributed by atoms with van der Waals surface area (Å²) in [7, 11) is 0. The Morgan fingerprint density at radius 3 is 1.31 bits per heavy atom. The summed E-state index contributed by atoms with van der Waals surface area (Å²) in [6.07, 6.45) is 0. The van der Waals surface area contributed by atoms with Crippen LogP contribution >= 0.6 is 0 Å². The normalized spacial score (nSPS) is 13.4. The second-order valence-electron chi connectivity index (χ2n) is 7.95. The molecule has 5 nitrogen and oxygen atoms in total. The van der Waals surface area contributed by atoms with Crippen molar-refractivity contribution in [2.24, 2.45) is 0 Å². The Morgan fingerprint density at radius 2 is 0.886 bits per heavy atom. The van der Waals surface area contributed by atoms with Gasteiger partial charge >= 0.3 is 6.03 Å². The van der Waals surface area contributed by atoms with Gasteiger partial charge in [0.1, 0.15) is 0 Å². The van der Waals surface area contributed by atoms with Gasteiger partial charge in [-0.15, -0.1) is 0 Å². The van der Waals surface area contributed by atoms with Gasteiger partial charge in [0, 0.05) is 0 Å². The highest BCUT2D eigenvalue weighted by atomic mass is 16.2. The second-order valence-corrected chi connectivity index (χ2v) is 7.95. The third kappa shape index (κ3) is 5.09. The topological polar surface area (TPSA) is 57.7 Å². The molecular weight excluding hydrogens is 436 g/mol. The standard InChI is InChI=1S/C17H12N2O3.C13H12/c1-12-15(20)18(13-8-4-2-5-9-13)17(22)19(16(12)21)14-10-6-3-7-11-14;1-11-7-9-13(10-8-11)12-5-3-2-4-6-12/h2-11H,1H2;2-10H,1H3. The number of hydrogen-bond donors (Lipinski definition) is 0. The summed E-state index contributed by atoms with van der Waals surface area (Å²) in [5, 5.41) is 0. The second kappa shape index (κ2) is 10.4. The molecule has 0 bridgehead atoms. The maximum Gasteiger partial charge on any atom is 0.343 e. The molecule has 4 aromatic rings. The highest BCUT2D eigenvalue weighted by Crippen LogP contribution is 2.27. The van der Waals surface area contributed by atoms with Gasteiger partial charge in [-0.3, -0.25) is 9.59 Å². The van der Waals surface area contributed by atoms with Crippen molar-refractivity contribution in [1.29, 1.82) is 0 Å². The lowest BCUT2D eigenvalue weighted by Crippen LogP contribution is -2.56. The SMILES string of the molecule is C=C1C(=O)N(c2ccccc2)C(=O)N(c2ccccc2)C1=O.Cc1ccc(-c2ccccc2)cc1. The summed E-state index contributed by atoms with van der Waals surface area (Å²) in [6, 6.07) is 35.2. The summed E-state index contributed by atoms with van der Waals surface area (Å²) in [6.45, 7) is 5.63. The summed E-state index contributed by atoms with van der Waals surface area (Å²) in [5.41, 5.74) is 4.42. The molecule has 0 saturated carbocycles. The largest absolute Gasteiger partial charge is 0.343 e. The molecular formula is C30H24N2O3. The van der Waals surface area contributed by atoms with Crippen LogP contribution in [0.5, 0.6) is 0 Å². The Hall–Kier alpha value is -4.77. The highest BCUT2D eigenvalue weighted by molar-refractivity contribution is 6.44. The number of aryl methyl sites for hydroxylation is 1. The number of barbiturate groups is 1. The van der Waals surface area contributed by atoms with E-state index >= 15 is 0 Å². The van der Waals surface area contributed by atoms with E-state index in [2.05, 4.69) is 62.0 Å². The van der Waals surface area contributed by atoms with Crippen LogP contribution in [0, 0.1) is 6.92 Å². The van der Waals surface area contributed by atoms with Gasteiger partial charge < -0.3 is 0 Å². The van der Waals surface area contributed by atoms with E-state index in [4.69, 9.17) is 0 Å². The van der Waals surface area contributed by atoms with Crippen molar-refractivity contribution in [3.8, 4) is 11.1 Å². The predicted octanol–water partition coefficient (Wildman–Crippen LogP) is 6.40. The number of benzene rings is 4. The van der Waals surface area contributed by atoms with Crippen LogP contribution in [0.1, 0.15) is 5.56 Å². The highest BCUT2D eigenvalue weighted by Gasteiger charge is 2.42. The summed E-state index contributed by atoms with van der Waals surface area (Å²) < 4.78 is 0. The maximum absolute atomic E-state index is 12.7. The number of rotatable bonds is 3. The van der Waals surface area contributed by atoms with Gasteiger partial charge in [0.15, 0.2) is 0 Å². The molecule has 0 unspecified atom stereocenters. The molecule has 0 aromatic heterocycles. The summed E-state index contributed by atoms with van der Waals surface area (Å²) >= 11 is 0. The van der Waals surface area contributed by atoms with Crippen LogP contribution in [-0.2, 0) is 9.59 Å². The fourth-order valence-electron chi connectivity index (χ4n) is 3.62. The zero-order valence-electron chi connectivity index (χ0n) is 19.3.